The number of piperazine rings is 1. The van der Waals surface area contributed by atoms with Crippen molar-refractivity contribution >= 4 is 28.2 Å². The summed E-state index contributed by atoms with van der Waals surface area (Å²) in [6.07, 6.45) is 4.99. The summed E-state index contributed by atoms with van der Waals surface area (Å²) in [5, 5.41) is 10.5. The van der Waals surface area contributed by atoms with E-state index in [9.17, 15) is 0 Å². The number of pyridine rings is 1. The van der Waals surface area contributed by atoms with Crippen molar-refractivity contribution < 1.29 is 4.74 Å². The SMILES string of the molecule is COCCC1CN(C2=c3ncccc3=CNc3sc(C)cc32)CCN1. The third kappa shape index (κ3) is 3.29. The van der Waals surface area contributed by atoms with E-state index in [-0.39, 0.29) is 0 Å². The van der Waals surface area contributed by atoms with Crippen LogP contribution in [0.15, 0.2) is 24.4 Å². The van der Waals surface area contributed by atoms with Crippen LogP contribution in [0.3, 0.4) is 0 Å². The van der Waals surface area contributed by atoms with Gasteiger partial charge in [0, 0.05) is 67.4 Å². The predicted molar refractivity (Wildman–Crippen MR) is 103 cm³/mol. The van der Waals surface area contributed by atoms with Crippen molar-refractivity contribution in [3.05, 3.63) is 45.4 Å². The third-order valence-corrected chi connectivity index (χ3v) is 5.76. The lowest BCUT2D eigenvalue weighted by Gasteiger charge is -2.36. The van der Waals surface area contributed by atoms with Crippen molar-refractivity contribution in [2.24, 2.45) is 0 Å². The molecular weight excluding hydrogens is 332 g/mol. The van der Waals surface area contributed by atoms with Gasteiger partial charge in [0.2, 0.25) is 0 Å². The van der Waals surface area contributed by atoms with E-state index < -0.39 is 0 Å². The average molecular weight is 356 g/mol. The highest BCUT2D eigenvalue weighted by molar-refractivity contribution is 7.16. The number of rotatable bonds is 4. The number of anilines is 1. The van der Waals surface area contributed by atoms with Gasteiger partial charge in [-0.1, -0.05) is 0 Å². The lowest BCUT2D eigenvalue weighted by molar-refractivity contribution is 0.166. The van der Waals surface area contributed by atoms with Gasteiger partial charge in [-0.2, -0.15) is 0 Å². The molecule has 1 saturated heterocycles. The average Bonchev–Trinajstić information content (AvgIpc) is 2.93. The summed E-state index contributed by atoms with van der Waals surface area (Å²) in [6.45, 7) is 5.90. The first-order chi connectivity index (χ1) is 12.3. The van der Waals surface area contributed by atoms with Crippen LogP contribution < -0.4 is 21.2 Å². The zero-order chi connectivity index (χ0) is 17.2. The molecule has 0 aliphatic carbocycles. The molecule has 25 heavy (non-hydrogen) atoms. The zero-order valence-corrected chi connectivity index (χ0v) is 15.5. The Kier molecular flexibility index (Phi) is 4.74. The van der Waals surface area contributed by atoms with E-state index in [1.807, 2.05) is 12.3 Å². The van der Waals surface area contributed by atoms with Crippen molar-refractivity contribution in [2.75, 3.05) is 38.7 Å². The molecule has 4 heterocycles. The number of methoxy groups -OCH3 is 1. The van der Waals surface area contributed by atoms with Crippen LogP contribution in [-0.2, 0) is 4.74 Å². The molecule has 6 heteroatoms. The molecule has 0 radical (unpaired) electrons. The van der Waals surface area contributed by atoms with E-state index in [1.165, 1.54) is 21.1 Å². The maximum Gasteiger partial charge on any atom is 0.102 e. The second-order valence-electron chi connectivity index (χ2n) is 6.56. The van der Waals surface area contributed by atoms with Crippen molar-refractivity contribution in [3.8, 4) is 0 Å². The van der Waals surface area contributed by atoms with E-state index in [0.717, 1.165) is 43.2 Å². The Balaban J connectivity index is 1.80. The molecule has 2 aliphatic heterocycles. The van der Waals surface area contributed by atoms with Gasteiger partial charge in [-0.15, -0.1) is 11.3 Å². The number of hydrogen-bond acceptors (Lipinski definition) is 6. The van der Waals surface area contributed by atoms with Crippen LogP contribution in [0.5, 0.6) is 0 Å². The fraction of sp³-hybridized carbons (Fsp3) is 0.421. The minimum atomic E-state index is 0.441. The van der Waals surface area contributed by atoms with Crippen molar-refractivity contribution in [2.45, 2.75) is 19.4 Å². The largest absolute Gasteiger partial charge is 0.385 e. The molecule has 5 nitrogen and oxygen atoms in total. The molecule has 4 rings (SSSR count). The van der Waals surface area contributed by atoms with Crippen LogP contribution in [0.25, 0.3) is 11.9 Å². The summed E-state index contributed by atoms with van der Waals surface area (Å²) in [4.78, 5) is 8.55. The molecule has 132 valence electrons. The summed E-state index contributed by atoms with van der Waals surface area (Å²) in [7, 11) is 1.77. The summed E-state index contributed by atoms with van der Waals surface area (Å²) in [6, 6.07) is 6.85. The number of nitrogens with one attached hydrogen (secondary N) is 2. The molecule has 2 aliphatic rings. The predicted octanol–water partition coefficient (Wildman–Crippen LogP) is 1.08. The number of ether oxygens (including phenoxy) is 1. The van der Waals surface area contributed by atoms with Gasteiger partial charge in [-0.05, 0) is 31.5 Å². The zero-order valence-electron chi connectivity index (χ0n) is 14.7. The Morgan fingerprint density at radius 2 is 2.36 bits per heavy atom. The summed E-state index contributed by atoms with van der Waals surface area (Å²) >= 11 is 1.80. The molecule has 0 bridgehead atoms. The van der Waals surface area contributed by atoms with Crippen LogP contribution in [0.2, 0.25) is 0 Å². The van der Waals surface area contributed by atoms with Crippen molar-refractivity contribution in [3.63, 3.8) is 0 Å². The number of nitrogens with zero attached hydrogens (tertiary/aromatic N) is 2. The first-order valence-corrected chi connectivity index (χ1v) is 9.58. The molecule has 1 fully saturated rings. The molecule has 2 aromatic heterocycles. The second kappa shape index (κ2) is 7.15. The van der Waals surface area contributed by atoms with Gasteiger partial charge in [0.15, 0.2) is 0 Å². The maximum atomic E-state index is 5.27. The molecule has 0 aromatic carbocycles. The Labute approximate surface area is 152 Å². The number of thiophene rings is 1. The number of hydrogen-bond donors (Lipinski definition) is 2. The van der Waals surface area contributed by atoms with Crippen molar-refractivity contribution in [1.29, 1.82) is 0 Å². The van der Waals surface area contributed by atoms with E-state index in [1.54, 1.807) is 18.4 Å². The van der Waals surface area contributed by atoms with Crippen LogP contribution in [-0.4, -0.2) is 49.3 Å². The standard InChI is InChI=1S/C19H24N4OS/c1-13-10-16-18(23-8-7-20-15(12-23)5-9-24-2)17-14(4-3-6-21-17)11-22-19(16)25-13/h3-4,6,10-11,15,20,22H,5,7-9,12H2,1-2H3. The smallest absolute Gasteiger partial charge is 0.102 e. The topological polar surface area (TPSA) is 49.4 Å². The van der Waals surface area contributed by atoms with Gasteiger partial charge in [0.25, 0.3) is 0 Å². The first-order valence-electron chi connectivity index (χ1n) is 8.76. The normalized spacial score (nSPS) is 19.5. The second-order valence-corrected chi connectivity index (χ2v) is 7.81. The highest BCUT2D eigenvalue weighted by atomic mass is 32.1. The Morgan fingerprint density at radius 1 is 1.44 bits per heavy atom. The van der Waals surface area contributed by atoms with Gasteiger partial charge in [0.05, 0.1) is 11.0 Å². The van der Waals surface area contributed by atoms with Crippen LogP contribution in [0, 0.1) is 6.92 Å². The minimum Gasteiger partial charge on any atom is -0.385 e. The lowest BCUT2D eigenvalue weighted by Crippen LogP contribution is -2.52. The number of aromatic nitrogens is 1. The van der Waals surface area contributed by atoms with E-state index in [2.05, 4.69) is 40.8 Å². The molecule has 0 spiro atoms. The maximum absolute atomic E-state index is 5.27. The first kappa shape index (κ1) is 16.6. The fourth-order valence-corrected chi connectivity index (χ4v) is 4.48. The van der Waals surface area contributed by atoms with E-state index in [4.69, 9.17) is 9.72 Å². The number of aryl methyl sites for hydroxylation is 1. The summed E-state index contributed by atoms with van der Waals surface area (Å²) < 4.78 is 5.27. The van der Waals surface area contributed by atoms with Crippen LogP contribution in [0.4, 0.5) is 5.00 Å². The highest BCUT2D eigenvalue weighted by Gasteiger charge is 2.25. The monoisotopic (exact) mass is 356 g/mol. The van der Waals surface area contributed by atoms with E-state index >= 15 is 0 Å². The third-order valence-electron chi connectivity index (χ3n) is 4.77. The Bertz CT molecular complexity index is 876. The molecule has 1 unspecified atom stereocenters. The van der Waals surface area contributed by atoms with Gasteiger partial charge in [-0.3, -0.25) is 4.98 Å². The van der Waals surface area contributed by atoms with Gasteiger partial charge < -0.3 is 20.3 Å². The lowest BCUT2D eigenvalue weighted by atomic mass is 10.1. The van der Waals surface area contributed by atoms with Gasteiger partial charge in [-0.25, -0.2) is 0 Å². The molecule has 1 atom stereocenters. The number of fused-ring (bicyclic) bond motifs is 2. The fourth-order valence-electron chi connectivity index (χ4n) is 3.60. The van der Waals surface area contributed by atoms with Gasteiger partial charge >= 0.3 is 0 Å². The highest BCUT2D eigenvalue weighted by Crippen LogP contribution is 2.34. The quantitative estimate of drug-likeness (QED) is 0.859. The molecule has 0 saturated carbocycles. The van der Waals surface area contributed by atoms with Crippen LogP contribution >= 0.6 is 11.3 Å². The minimum absolute atomic E-state index is 0.441. The Hall–Kier alpha value is -1.89. The molecule has 2 aromatic rings. The summed E-state index contributed by atoms with van der Waals surface area (Å²) in [5.41, 5.74) is 2.52. The molecule has 2 N–H and O–H groups in total. The van der Waals surface area contributed by atoms with Crippen molar-refractivity contribution in [1.82, 2.24) is 15.2 Å². The summed E-state index contributed by atoms with van der Waals surface area (Å²) in [5.74, 6) is 0. The van der Waals surface area contributed by atoms with Crippen LogP contribution in [0.1, 0.15) is 16.9 Å². The molecular formula is C19H24N4OS. The Morgan fingerprint density at radius 3 is 3.24 bits per heavy atom. The molecule has 0 amide bonds. The van der Waals surface area contributed by atoms with Gasteiger partial charge in [0.1, 0.15) is 5.00 Å². The van der Waals surface area contributed by atoms with E-state index in [0.29, 0.717) is 6.04 Å².